The normalized spacial score (nSPS) is 10.4. The standard InChI is InChI=1S/C14H11Cl3N2O/c1-19(8-9-2-3-10(15)6-12(9)17)14(20)13-7-11(16)4-5-18-13/h2-7H,8H2,1H3. The summed E-state index contributed by atoms with van der Waals surface area (Å²) in [5, 5.41) is 1.56. The van der Waals surface area contributed by atoms with Crippen LogP contribution in [0.1, 0.15) is 16.1 Å². The van der Waals surface area contributed by atoms with Gasteiger partial charge in [-0.1, -0.05) is 40.9 Å². The molecule has 1 aromatic heterocycles. The second-order valence-corrected chi connectivity index (χ2v) is 5.54. The van der Waals surface area contributed by atoms with E-state index in [-0.39, 0.29) is 5.91 Å². The van der Waals surface area contributed by atoms with Crippen molar-refractivity contribution in [3.05, 3.63) is 62.9 Å². The molecule has 2 rings (SSSR count). The van der Waals surface area contributed by atoms with Gasteiger partial charge in [-0.05, 0) is 29.8 Å². The molecule has 0 saturated heterocycles. The SMILES string of the molecule is CN(Cc1ccc(Cl)cc1Cl)C(=O)c1cc(Cl)ccn1. The van der Waals surface area contributed by atoms with Crippen molar-refractivity contribution in [2.24, 2.45) is 0 Å². The highest BCUT2D eigenvalue weighted by Crippen LogP contribution is 2.22. The van der Waals surface area contributed by atoms with E-state index < -0.39 is 0 Å². The maximum absolute atomic E-state index is 12.2. The first-order valence-corrected chi connectivity index (χ1v) is 6.91. The molecule has 0 aliphatic carbocycles. The van der Waals surface area contributed by atoms with Crippen LogP contribution in [0.3, 0.4) is 0 Å². The van der Waals surface area contributed by atoms with Gasteiger partial charge in [-0.3, -0.25) is 9.78 Å². The Hall–Kier alpha value is -1.29. The third-order valence-electron chi connectivity index (χ3n) is 2.71. The Bertz CT molecular complexity index is 646. The van der Waals surface area contributed by atoms with Crippen molar-refractivity contribution in [1.29, 1.82) is 0 Å². The zero-order chi connectivity index (χ0) is 14.7. The van der Waals surface area contributed by atoms with Gasteiger partial charge in [0, 0.05) is 34.9 Å². The number of carbonyl (C=O) groups excluding carboxylic acids is 1. The lowest BCUT2D eigenvalue weighted by Crippen LogP contribution is -2.27. The number of halogens is 3. The van der Waals surface area contributed by atoms with Crippen LogP contribution >= 0.6 is 34.8 Å². The molecular weight excluding hydrogens is 319 g/mol. The molecule has 0 fully saturated rings. The van der Waals surface area contributed by atoms with Crippen LogP contribution in [-0.2, 0) is 6.54 Å². The lowest BCUT2D eigenvalue weighted by Gasteiger charge is -2.17. The van der Waals surface area contributed by atoms with Crippen LogP contribution in [-0.4, -0.2) is 22.8 Å². The van der Waals surface area contributed by atoms with Crippen LogP contribution in [0.4, 0.5) is 0 Å². The van der Waals surface area contributed by atoms with Crippen molar-refractivity contribution in [2.75, 3.05) is 7.05 Å². The molecule has 0 radical (unpaired) electrons. The highest BCUT2D eigenvalue weighted by molar-refractivity contribution is 6.35. The molecule has 0 unspecified atom stereocenters. The summed E-state index contributed by atoms with van der Waals surface area (Å²) >= 11 is 17.8. The van der Waals surface area contributed by atoms with Crippen molar-refractivity contribution in [2.45, 2.75) is 6.54 Å². The van der Waals surface area contributed by atoms with Gasteiger partial charge >= 0.3 is 0 Å². The third kappa shape index (κ3) is 3.63. The van der Waals surface area contributed by atoms with Gasteiger partial charge < -0.3 is 4.90 Å². The maximum atomic E-state index is 12.2. The molecule has 1 amide bonds. The molecule has 0 saturated carbocycles. The maximum Gasteiger partial charge on any atom is 0.272 e. The first kappa shape index (κ1) is 15.1. The summed E-state index contributed by atoms with van der Waals surface area (Å²) in [5.41, 5.74) is 1.11. The van der Waals surface area contributed by atoms with E-state index in [1.165, 1.54) is 17.2 Å². The number of hydrogen-bond donors (Lipinski definition) is 0. The number of nitrogens with zero attached hydrogens (tertiary/aromatic N) is 2. The second kappa shape index (κ2) is 6.44. The largest absolute Gasteiger partial charge is 0.336 e. The van der Waals surface area contributed by atoms with E-state index in [9.17, 15) is 4.79 Å². The van der Waals surface area contributed by atoms with Crippen molar-refractivity contribution < 1.29 is 4.79 Å². The van der Waals surface area contributed by atoms with Crippen LogP contribution in [0.25, 0.3) is 0 Å². The summed E-state index contributed by atoms with van der Waals surface area (Å²) in [4.78, 5) is 17.7. The average Bonchev–Trinajstić information content (AvgIpc) is 2.41. The molecule has 3 nitrogen and oxygen atoms in total. The van der Waals surface area contributed by atoms with E-state index in [1.807, 2.05) is 0 Å². The molecule has 1 aromatic carbocycles. The van der Waals surface area contributed by atoms with Gasteiger partial charge in [0.2, 0.25) is 0 Å². The lowest BCUT2D eigenvalue weighted by molar-refractivity contribution is 0.0779. The minimum Gasteiger partial charge on any atom is -0.336 e. The number of carbonyl (C=O) groups is 1. The fourth-order valence-corrected chi connectivity index (χ4v) is 2.32. The first-order chi connectivity index (χ1) is 9.47. The summed E-state index contributed by atoms with van der Waals surface area (Å²) in [7, 11) is 1.68. The highest BCUT2D eigenvalue weighted by atomic mass is 35.5. The number of amides is 1. The highest BCUT2D eigenvalue weighted by Gasteiger charge is 2.15. The van der Waals surface area contributed by atoms with Crippen LogP contribution in [0.5, 0.6) is 0 Å². The molecular formula is C14H11Cl3N2O. The van der Waals surface area contributed by atoms with Gasteiger partial charge in [0.15, 0.2) is 0 Å². The molecule has 6 heteroatoms. The monoisotopic (exact) mass is 328 g/mol. The van der Waals surface area contributed by atoms with Gasteiger partial charge in [0.05, 0.1) is 0 Å². The summed E-state index contributed by atoms with van der Waals surface area (Å²) in [6.07, 6.45) is 1.50. The number of benzene rings is 1. The van der Waals surface area contributed by atoms with E-state index in [1.54, 1.807) is 31.3 Å². The van der Waals surface area contributed by atoms with Gasteiger partial charge in [0.25, 0.3) is 5.91 Å². The average molecular weight is 330 g/mol. The minimum atomic E-state index is -0.224. The Morgan fingerprint density at radius 2 is 1.85 bits per heavy atom. The topological polar surface area (TPSA) is 33.2 Å². The predicted octanol–water partition coefficient (Wildman–Crippen LogP) is 4.31. The predicted molar refractivity (Wildman–Crippen MR) is 81.5 cm³/mol. The first-order valence-electron chi connectivity index (χ1n) is 5.78. The van der Waals surface area contributed by atoms with E-state index in [2.05, 4.69) is 4.98 Å². The van der Waals surface area contributed by atoms with Crippen LogP contribution < -0.4 is 0 Å². The summed E-state index contributed by atoms with van der Waals surface area (Å²) in [6.45, 7) is 0.364. The molecule has 0 spiro atoms. The van der Waals surface area contributed by atoms with Crippen molar-refractivity contribution >= 4 is 40.7 Å². The van der Waals surface area contributed by atoms with Crippen LogP contribution in [0.15, 0.2) is 36.5 Å². The lowest BCUT2D eigenvalue weighted by atomic mass is 10.2. The van der Waals surface area contributed by atoms with Gasteiger partial charge in [0.1, 0.15) is 5.69 Å². The molecule has 0 aliphatic heterocycles. The van der Waals surface area contributed by atoms with E-state index >= 15 is 0 Å². The molecule has 1 heterocycles. The van der Waals surface area contributed by atoms with Crippen LogP contribution in [0.2, 0.25) is 15.1 Å². The molecule has 0 bridgehead atoms. The molecule has 0 N–H and O–H groups in total. The smallest absolute Gasteiger partial charge is 0.272 e. The Labute approximate surface area is 132 Å². The fourth-order valence-electron chi connectivity index (χ4n) is 1.69. The Kier molecular flexibility index (Phi) is 4.86. The van der Waals surface area contributed by atoms with Crippen LogP contribution in [0, 0.1) is 0 Å². The van der Waals surface area contributed by atoms with Crippen molar-refractivity contribution in [3.63, 3.8) is 0 Å². The number of pyridine rings is 1. The zero-order valence-electron chi connectivity index (χ0n) is 10.6. The van der Waals surface area contributed by atoms with E-state index in [4.69, 9.17) is 34.8 Å². The van der Waals surface area contributed by atoms with Gasteiger partial charge in [-0.2, -0.15) is 0 Å². The van der Waals surface area contributed by atoms with Gasteiger partial charge in [-0.15, -0.1) is 0 Å². The number of hydrogen-bond acceptors (Lipinski definition) is 2. The summed E-state index contributed by atoms with van der Waals surface area (Å²) in [6, 6.07) is 8.32. The second-order valence-electron chi connectivity index (χ2n) is 4.26. The molecule has 104 valence electrons. The zero-order valence-corrected chi connectivity index (χ0v) is 12.9. The molecule has 0 atom stereocenters. The van der Waals surface area contributed by atoms with E-state index in [0.29, 0.717) is 27.3 Å². The van der Waals surface area contributed by atoms with Crippen molar-refractivity contribution in [3.8, 4) is 0 Å². The quantitative estimate of drug-likeness (QED) is 0.840. The minimum absolute atomic E-state index is 0.224. The molecule has 20 heavy (non-hydrogen) atoms. The Morgan fingerprint density at radius 1 is 1.15 bits per heavy atom. The van der Waals surface area contributed by atoms with Gasteiger partial charge in [-0.25, -0.2) is 0 Å². The molecule has 0 aliphatic rings. The Morgan fingerprint density at radius 3 is 2.50 bits per heavy atom. The number of aromatic nitrogens is 1. The number of rotatable bonds is 3. The molecule has 2 aromatic rings. The summed E-state index contributed by atoms with van der Waals surface area (Å²) < 4.78 is 0. The Balaban J connectivity index is 2.15. The summed E-state index contributed by atoms with van der Waals surface area (Å²) in [5.74, 6) is -0.224. The van der Waals surface area contributed by atoms with Crippen molar-refractivity contribution in [1.82, 2.24) is 9.88 Å². The van der Waals surface area contributed by atoms with E-state index in [0.717, 1.165) is 5.56 Å². The third-order valence-corrected chi connectivity index (χ3v) is 3.53. The fraction of sp³-hybridized carbons (Fsp3) is 0.143.